The van der Waals surface area contributed by atoms with E-state index in [1.807, 2.05) is 6.07 Å². The lowest BCUT2D eigenvalue weighted by atomic mass is 10.1. The molecule has 0 bridgehead atoms. The highest BCUT2D eigenvalue weighted by molar-refractivity contribution is 7.80. The van der Waals surface area contributed by atoms with Crippen molar-refractivity contribution in [1.82, 2.24) is 10.6 Å². The van der Waals surface area contributed by atoms with Gasteiger partial charge < -0.3 is 21.1 Å². The summed E-state index contributed by atoms with van der Waals surface area (Å²) in [5, 5.41) is 37.1. The Bertz CT molecular complexity index is 894. The number of nitrogens with one attached hydrogen (secondary N) is 3. The van der Waals surface area contributed by atoms with E-state index in [0.29, 0.717) is 5.69 Å². The first-order valence-electron chi connectivity index (χ1n) is 8.13. The lowest BCUT2D eigenvalue weighted by Crippen LogP contribution is -2.49. The van der Waals surface area contributed by atoms with Gasteiger partial charge in [0.15, 0.2) is 5.11 Å². The molecule has 0 aliphatic carbocycles. The number of aromatic hydroxyl groups is 1. The van der Waals surface area contributed by atoms with Gasteiger partial charge >= 0.3 is 0 Å². The van der Waals surface area contributed by atoms with Crippen LogP contribution in [0.5, 0.6) is 5.75 Å². The Kier molecular flexibility index (Phi) is 7.24. The van der Waals surface area contributed by atoms with Crippen LogP contribution >= 0.6 is 12.2 Å². The summed E-state index contributed by atoms with van der Waals surface area (Å²) in [7, 11) is 0. The zero-order valence-corrected chi connectivity index (χ0v) is 15.4. The van der Waals surface area contributed by atoms with Crippen molar-refractivity contribution in [2.75, 3.05) is 11.9 Å². The number of thiocarbonyl (C=S) groups is 1. The molecule has 0 fully saturated rings. The number of carbonyl (C=O) groups excluding carboxylic acids is 1. The molecule has 0 saturated carbocycles. The minimum Gasteiger partial charge on any atom is -0.508 e. The van der Waals surface area contributed by atoms with E-state index in [4.69, 9.17) is 17.5 Å². The number of hydrogen-bond donors (Lipinski definition) is 4. The van der Waals surface area contributed by atoms with Crippen molar-refractivity contribution in [1.29, 1.82) is 5.26 Å². The third-order valence-electron chi connectivity index (χ3n) is 3.68. The van der Waals surface area contributed by atoms with Crippen molar-refractivity contribution in [3.63, 3.8) is 0 Å². The molecule has 0 spiro atoms. The van der Waals surface area contributed by atoms with Gasteiger partial charge in [0, 0.05) is 24.2 Å². The van der Waals surface area contributed by atoms with Gasteiger partial charge in [-0.15, -0.1) is 0 Å². The van der Waals surface area contributed by atoms with Crippen molar-refractivity contribution in [3.8, 4) is 11.8 Å². The van der Waals surface area contributed by atoms with Crippen LogP contribution in [0.1, 0.15) is 5.56 Å². The second-order valence-electron chi connectivity index (χ2n) is 5.70. The Balaban J connectivity index is 2.06. The van der Waals surface area contributed by atoms with Crippen LogP contribution in [0, 0.1) is 21.4 Å². The van der Waals surface area contributed by atoms with Crippen LogP contribution in [-0.4, -0.2) is 33.6 Å². The molecule has 0 aromatic heterocycles. The first-order chi connectivity index (χ1) is 13.4. The Morgan fingerprint density at radius 1 is 1.21 bits per heavy atom. The number of phenols is 1. The van der Waals surface area contributed by atoms with Gasteiger partial charge in [0.2, 0.25) is 5.91 Å². The number of rotatable bonds is 7. The quantitative estimate of drug-likeness (QED) is 0.239. The number of carbonyl (C=O) groups is 1. The fourth-order valence-corrected chi connectivity index (χ4v) is 2.58. The first-order valence-corrected chi connectivity index (χ1v) is 8.54. The largest absolute Gasteiger partial charge is 0.508 e. The van der Waals surface area contributed by atoms with Crippen LogP contribution in [0.25, 0.3) is 0 Å². The highest BCUT2D eigenvalue weighted by atomic mass is 32.1. The summed E-state index contributed by atoms with van der Waals surface area (Å²) in [4.78, 5) is 22.5. The van der Waals surface area contributed by atoms with Gasteiger partial charge in [-0.2, -0.15) is 5.26 Å². The van der Waals surface area contributed by atoms with Gasteiger partial charge in [-0.1, -0.05) is 12.1 Å². The van der Waals surface area contributed by atoms with Crippen LogP contribution < -0.4 is 16.0 Å². The van der Waals surface area contributed by atoms with E-state index in [0.717, 1.165) is 5.56 Å². The monoisotopic (exact) mass is 399 g/mol. The van der Waals surface area contributed by atoms with Gasteiger partial charge in [0.1, 0.15) is 18.3 Å². The second kappa shape index (κ2) is 9.84. The fourth-order valence-electron chi connectivity index (χ4n) is 2.32. The van der Waals surface area contributed by atoms with E-state index in [1.165, 1.54) is 36.4 Å². The lowest BCUT2D eigenvalue weighted by molar-refractivity contribution is -0.384. The third-order valence-corrected chi connectivity index (χ3v) is 3.90. The van der Waals surface area contributed by atoms with Gasteiger partial charge in [0.25, 0.3) is 5.69 Å². The Morgan fingerprint density at radius 3 is 2.43 bits per heavy atom. The summed E-state index contributed by atoms with van der Waals surface area (Å²) in [6.45, 7) is -0.144. The zero-order valence-electron chi connectivity index (χ0n) is 14.6. The summed E-state index contributed by atoms with van der Waals surface area (Å²) < 4.78 is 0. The summed E-state index contributed by atoms with van der Waals surface area (Å²) >= 11 is 5.22. The highest BCUT2D eigenvalue weighted by Gasteiger charge is 2.20. The molecule has 2 aromatic carbocycles. The maximum Gasteiger partial charge on any atom is 0.269 e. The number of nitro benzene ring substituents is 1. The standard InChI is InChI=1S/C18H17N5O4S/c19-9-10-20-17(25)16(11-12-1-7-15(24)8-2-12)22-18(28)21-13-3-5-14(6-4-13)23(26)27/h1-8,16,24H,10-11H2,(H,20,25)(H2,21,22,28). The number of non-ortho nitro benzene ring substituents is 1. The maximum atomic E-state index is 12.3. The normalized spacial score (nSPS) is 11.0. The van der Waals surface area contributed by atoms with E-state index in [2.05, 4.69) is 16.0 Å². The average molecular weight is 399 g/mol. The predicted molar refractivity (Wildman–Crippen MR) is 107 cm³/mol. The third kappa shape index (κ3) is 6.22. The van der Waals surface area contributed by atoms with Crippen LogP contribution in [0.2, 0.25) is 0 Å². The van der Waals surface area contributed by atoms with Crippen molar-refractivity contribution in [2.45, 2.75) is 12.5 Å². The highest BCUT2D eigenvalue weighted by Crippen LogP contribution is 2.15. The van der Waals surface area contributed by atoms with E-state index in [1.54, 1.807) is 12.1 Å². The average Bonchev–Trinajstić information content (AvgIpc) is 2.67. The molecule has 9 nitrogen and oxygen atoms in total. The minimum atomic E-state index is -0.768. The topological polar surface area (TPSA) is 140 Å². The molecule has 0 aliphatic heterocycles. The molecule has 2 rings (SSSR count). The summed E-state index contributed by atoms with van der Waals surface area (Å²) in [6.07, 6.45) is 0.264. The lowest BCUT2D eigenvalue weighted by Gasteiger charge is -2.20. The number of nitriles is 1. The molecule has 0 aliphatic rings. The fraction of sp³-hybridized carbons (Fsp3) is 0.167. The molecule has 1 amide bonds. The van der Waals surface area contributed by atoms with E-state index in [-0.39, 0.29) is 29.5 Å². The molecule has 10 heteroatoms. The van der Waals surface area contributed by atoms with Crippen LogP contribution in [0.15, 0.2) is 48.5 Å². The molecule has 4 N–H and O–H groups in total. The molecule has 144 valence electrons. The minimum absolute atomic E-state index is 0.0504. The van der Waals surface area contributed by atoms with Gasteiger partial charge in [0.05, 0.1) is 11.0 Å². The smallest absolute Gasteiger partial charge is 0.269 e. The Morgan fingerprint density at radius 2 is 1.86 bits per heavy atom. The Labute approximate surface area is 166 Å². The van der Waals surface area contributed by atoms with Crippen LogP contribution in [0.4, 0.5) is 11.4 Å². The van der Waals surface area contributed by atoms with E-state index < -0.39 is 16.9 Å². The zero-order chi connectivity index (χ0) is 20.5. The van der Waals surface area contributed by atoms with E-state index in [9.17, 15) is 20.0 Å². The molecular weight excluding hydrogens is 382 g/mol. The molecule has 0 heterocycles. The van der Waals surface area contributed by atoms with Crippen molar-refractivity contribution in [2.24, 2.45) is 0 Å². The maximum absolute atomic E-state index is 12.3. The number of amides is 1. The molecule has 1 unspecified atom stereocenters. The van der Waals surface area contributed by atoms with Crippen molar-refractivity contribution >= 4 is 34.6 Å². The SMILES string of the molecule is N#CCNC(=O)C(Cc1ccc(O)cc1)NC(=S)Nc1ccc([N+](=O)[O-])cc1. The summed E-state index contributed by atoms with van der Waals surface area (Å²) in [5.74, 6) is -0.306. The molecule has 28 heavy (non-hydrogen) atoms. The molecule has 0 saturated heterocycles. The number of phenolic OH excluding ortho intramolecular Hbond substituents is 1. The van der Waals surface area contributed by atoms with Crippen molar-refractivity contribution in [3.05, 3.63) is 64.2 Å². The van der Waals surface area contributed by atoms with Gasteiger partial charge in [-0.3, -0.25) is 14.9 Å². The molecular formula is C18H17N5O4S. The van der Waals surface area contributed by atoms with Crippen LogP contribution in [0.3, 0.4) is 0 Å². The predicted octanol–water partition coefficient (Wildman–Crippen LogP) is 1.84. The Hall–Kier alpha value is -3.71. The first kappa shape index (κ1) is 20.6. The molecule has 0 radical (unpaired) electrons. The van der Waals surface area contributed by atoms with Gasteiger partial charge in [-0.05, 0) is 42.0 Å². The molecule has 2 aromatic rings. The van der Waals surface area contributed by atoms with Crippen LogP contribution in [-0.2, 0) is 11.2 Å². The number of benzene rings is 2. The summed E-state index contributed by atoms with van der Waals surface area (Å²) in [5.41, 5.74) is 1.25. The number of nitro groups is 1. The van der Waals surface area contributed by atoms with Gasteiger partial charge in [-0.25, -0.2) is 0 Å². The van der Waals surface area contributed by atoms with Crippen molar-refractivity contribution < 1.29 is 14.8 Å². The molecule has 1 atom stereocenters. The summed E-state index contributed by atoms with van der Waals surface area (Å²) in [6, 6.07) is 13.1. The van der Waals surface area contributed by atoms with E-state index >= 15 is 0 Å². The number of anilines is 1. The second-order valence-corrected chi connectivity index (χ2v) is 6.11. The number of nitrogens with zero attached hydrogens (tertiary/aromatic N) is 2. The number of hydrogen-bond acceptors (Lipinski definition) is 6.